The van der Waals surface area contributed by atoms with E-state index in [0.717, 1.165) is 23.2 Å². The van der Waals surface area contributed by atoms with Gasteiger partial charge in [0.2, 0.25) is 0 Å². The molecule has 0 aromatic carbocycles. The van der Waals surface area contributed by atoms with Crippen molar-refractivity contribution in [1.82, 2.24) is 9.97 Å². The molecule has 1 aromatic heterocycles. The van der Waals surface area contributed by atoms with Gasteiger partial charge in [-0.2, -0.15) is 0 Å². The first-order chi connectivity index (χ1) is 5.74. The Morgan fingerprint density at radius 3 is 2.92 bits per heavy atom. The van der Waals surface area contributed by atoms with Crippen molar-refractivity contribution < 1.29 is 4.74 Å². The molecule has 0 aliphatic heterocycles. The first kappa shape index (κ1) is 9.41. The van der Waals surface area contributed by atoms with Crippen LogP contribution < -0.4 is 5.73 Å². The number of aryl methyl sites for hydroxylation is 1. The maximum absolute atomic E-state index is 5.64. The molecule has 12 heavy (non-hydrogen) atoms. The van der Waals surface area contributed by atoms with E-state index in [1.165, 1.54) is 0 Å². The number of hydrogen-bond donors (Lipinski definition) is 2. The number of aromatic nitrogens is 2. The summed E-state index contributed by atoms with van der Waals surface area (Å²) in [6.07, 6.45) is 0. The summed E-state index contributed by atoms with van der Waals surface area (Å²) in [6, 6.07) is 0. The van der Waals surface area contributed by atoms with Crippen molar-refractivity contribution in [2.24, 2.45) is 0 Å². The zero-order valence-electron chi connectivity index (χ0n) is 7.26. The average molecular weight is 187 g/mol. The van der Waals surface area contributed by atoms with E-state index in [9.17, 15) is 0 Å². The highest BCUT2D eigenvalue weighted by molar-refractivity contribution is 7.99. The third-order valence-corrected chi connectivity index (χ3v) is 2.30. The minimum absolute atomic E-state index is 0.647. The number of aromatic amines is 1. The number of nitrogens with two attached hydrogens (primary N) is 1. The Morgan fingerprint density at radius 2 is 2.42 bits per heavy atom. The van der Waals surface area contributed by atoms with Crippen LogP contribution in [0.25, 0.3) is 0 Å². The molecule has 0 aliphatic rings. The quantitative estimate of drug-likeness (QED) is 0.546. The summed E-state index contributed by atoms with van der Waals surface area (Å²) in [5.41, 5.74) is 5.64. The molecule has 0 unspecified atom stereocenters. The predicted molar refractivity (Wildman–Crippen MR) is 50.3 cm³/mol. The van der Waals surface area contributed by atoms with Crippen LogP contribution in [0.3, 0.4) is 0 Å². The van der Waals surface area contributed by atoms with Gasteiger partial charge >= 0.3 is 0 Å². The van der Waals surface area contributed by atoms with Gasteiger partial charge in [0.1, 0.15) is 16.7 Å². The Balaban J connectivity index is 2.45. The van der Waals surface area contributed by atoms with Gasteiger partial charge in [-0.25, -0.2) is 4.98 Å². The number of methoxy groups -OCH3 is 1. The third-order valence-electron chi connectivity index (χ3n) is 1.34. The van der Waals surface area contributed by atoms with Crippen molar-refractivity contribution in [3.8, 4) is 0 Å². The van der Waals surface area contributed by atoms with Gasteiger partial charge in [0.25, 0.3) is 0 Å². The number of nitrogens with one attached hydrogen (secondary N) is 1. The maximum atomic E-state index is 5.64. The SMILES string of the molecule is COCCSc1nc(C)[nH]c1N. The highest BCUT2D eigenvalue weighted by Gasteiger charge is 2.03. The van der Waals surface area contributed by atoms with Crippen molar-refractivity contribution in [3.63, 3.8) is 0 Å². The third kappa shape index (κ3) is 2.42. The molecule has 3 N–H and O–H groups in total. The van der Waals surface area contributed by atoms with E-state index >= 15 is 0 Å². The molecular formula is C7H13N3OS. The van der Waals surface area contributed by atoms with Crippen molar-refractivity contribution in [1.29, 1.82) is 0 Å². The number of thioether (sulfide) groups is 1. The number of rotatable bonds is 4. The molecule has 1 heterocycles. The fourth-order valence-electron chi connectivity index (χ4n) is 0.821. The van der Waals surface area contributed by atoms with Crippen LogP contribution in [0.2, 0.25) is 0 Å². The van der Waals surface area contributed by atoms with E-state index in [2.05, 4.69) is 9.97 Å². The van der Waals surface area contributed by atoms with Gasteiger partial charge < -0.3 is 15.5 Å². The number of imidazole rings is 1. The molecule has 1 aromatic rings. The lowest BCUT2D eigenvalue weighted by atomic mass is 10.8. The van der Waals surface area contributed by atoms with Crippen LogP contribution in [0, 0.1) is 6.92 Å². The molecule has 0 saturated heterocycles. The molecule has 0 aliphatic carbocycles. The first-order valence-electron chi connectivity index (χ1n) is 3.68. The van der Waals surface area contributed by atoms with Crippen LogP contribution in [0.5, 0.6) is 0 Å². The standard InChI is InChI=1S/C7H13N3OS/c1-5-9-6(8)7(10-5)12-4-3-11-2/h3-4,8H2,1-2H3,(H,9,10). The van der Waals surface area contributed by atoms with Crippen LogP contribution in [0.4, 0.5) is 5.82 Å². The monoisotopic (exact) mass is 187 g/mol. The normalized spacial score (nSPS) is 10.5. The van der Waals surface area contributed by atoms with Crippen molar-refractivity contribution in [2.45, 2.75) is 11.9 Å². The number of ether oxygens (including phenoxy) is 1. The van der Waals surface area contributed by atoms with Crippen molar-refractivity contribution >= 4 is 17.6 Å². The minimum Gasteiger partial charge on any atom is -0.384 e. The molecule has 68 valence electrons. The van der Waals surface area contributed by atoms with E-state index in [4.69, 9.17) is 10.5 Å². The van der Waals surface area contributed by atoms with Gasteiger partial charge in [-0.05, 0) is 6.92 Å². The van der Waals surface area contributed by atoms with Gasteiger partial charge in [-0.3, -0.25) is 0 Å². The minimum atomic E-state index is 0.647. The maximum Gasteiger partial charge on any atom is 0.138 e. The summed E-state index contributed by atoms with van der Waals surface area (Å²) in [5.74, 6) is 2.38. The fraction of sp³-hybridized carbons (Fsp3) is 0.571. The van der Waals surface area contributed by atoms with Crippen LogP contribution in [0.1, 0.15) is 5.82 Å². The molecular weight excluding hydrogens is 174 g/mol. The molecule has 4 nitrogen and oxygen atoms in total. The summed E-state index contributed by atoms with van der Waals surface area (Å²) in [6.45, 7) is 2.60. The highest BCUT2D eigenvalue weighted by Crippen LogP contribution is 2.21. The zero-order chi connectivity index (χ0) is 8.97. The van der Waals surface area contributed by atoms with E-state index in [1.54, 1.807) is 18.9 Å². The van der Waals surface area contributed by atoms with Gasteiger partial charge in [-0.15, -0.1) is 11.8 Å². The van der Waals surface area contributed by atoms with Crippen LogP contribution in [-0.4, -0.2) is 29.4 Å². The summed E-state index contributed by atoms with van der Waals surface area (Å²) >= 11 is 1.60. The number of nitrogen functional groups attached to an aromatic ring is 1. The second-order valence-corrected chi connectivity index (χ2v) is 3.47. The summed E-state index contributed by atoms with van der Waals surface area (Å²) in [4.78, 5) is 7.15. The summed E-state index contributed by atoms with van der Waals surface area (Å²) in [7, 11) is 1.68. The highest BCUT2D eigenvalue weighted by atomic mass is 32.2. The van der Waals surface area contributed by atoms with Crippen LogP contribution in [0.15, 0.2) is 5.03 Å². The van der Waals surface area contributed by atoms with E-state index in [0.29, 0.717) is 5.82 Å². The number of H-pyrrole nitrogens is 1. The number of nitrogens with zero attached hydrogens (tertiary/aromatic N) is 1. The Morgan fingerprint density at radius 1 is 1.67 bits per heavy atom. The van der Waals surface area contributed by atoms with Gasteiger partial charge in [0, 0.05) is 12.9 Å². The number of hydrogen-bond acceptors (Lipinski definition) is 4. The molecule has 0 fully saturated rings. The molecule has 0 saturated carbocycles. The van der Waals surface area contributed by atoms with Crippen molar-refractivity contribution in [3.05, 3.63) is 5.82 Å². The second-order valence-electron chi connectivity index (χ2n) is 2.38. The first-order valence-corrected chi connectivity index (χ1v) is 4.66. The van der Waals surface area contributed by atoms with Crippen LogP contribution in [-0.2, 0) is 4.74 Å². The summed E-state index contributed by atoms with van der Waals surface area (Å²) < 4.78 is 4.91. The number of anilines is 1. The van der Waals surface area contributed by atoms with Crippen molar-refractivity contribution in [2.75, 3.05) is 25.2 Å². The Bertz CT molecular complexity index is 249. The molecule has 0 amide bonds. The fourth-order valence-corrected chi connectivity index (χ4v) is 1.67. The van der Waals surface area contributed by atoms with Gasteiger partial charge in [0.05, 0.1) is 6.61 Å². The predicted octanol–water partition coefficient (Wildman–Crippen LogP) is 1.04. The van der Waals surface area contributed by atoms with Gasteiger partial charge in [0.15, 0.2) is 0 Å². The smallest absolute Gasteiger partial charge is 0.138 e. The molecule has 0 bridgehead atoms. The zero-order valence-corrected chi connectivity index (χ0v) is 8.07. The molecule has 0 spiro atoms. The average Bonchev–Trinajstić information content (AvgIpc) is 2.31. The lowest BCUT2D eigenvalue weighted by molar-refractivity contribution is 0.218. The molecule has 1 rings (SSSR count). The molecule has 0 atom stereocenters. The second kappa shape index (κ2) is 4.37. The Kier molecular flexibility index (Phi) is 3.43. The summed E-state index contributed by atoms with van der Waals surface area (Å²) in [5, 5.41) is 0.865. The van der Waals surface area contributed by atoms with E-state index in [-0.39, 0.29) is 0 Å². The Hall–Kier alpha value is -0.680. The van der Waals surface area contributed by atoms with Gasteiger partial charge in [-0.1, -0.05) is 0 Å². The molecule has 0 radical (unpaired) electrons. The van der Waals surface area contributed by atoms with E-state index < -0.39 is 0 Å². The van der Waals surface area contributed by atoms with E-state index in [1.807, 2.05) is 6.92 Å². The lowest BCUT2D eigenvalue weighted by Crippen LogP contribution is -1.93. The lowest BCUT2D eigenvalue weighted by Gasteiger charge is -1.96. The van der Waals surface area contributed by atoms with Crippen LogP contribution >= 0.6 is 11.8 Å². The molecule has 5 heteroatoms. The topological polar surface area (TPSA) is 63.9 Å². The largest absolute Gasteiger partial charge is 0.384 e. The Labute approximate surface area is 75.9 Å².